The molecule has 0 atom stereocenters. The normalized spacial score (nSPS) is 10.6. The van der Waals surface area contributed by atoms with E-state index >= 15 is 0 Å². The Morgan fingerprint density at radius 3 is 1.34 bits per heavy atom. The number of rotatable bonds is 8. The average Bonchev–Trinajstić information content (AvgIpc) is 3.43. The molecule has 0 radical (unpaired) electrons. The molecule has 0 saturated heterocycles. The highest BCUT2D eigenvalue weighted by Crippen LogP contribution is 2.33. The molecule has 0 bridgehead atoms. The van der Waals surface area contributed by atoms with Crippen molar-refractivity contribution in [1.29, 1.82) is 0 Å². The second kappa shape index (κ2) is 16.2. The number of fused-ring (bicyclic) bond motifs is 2. The molecule has 6 rings (SSSR count). The number of carboxylic acid groups (broad SMARTS) is 2. The van der Waals surface area contributed by atoms with Crippen LogP contribution in [-0.4, -0.2) is 40.9 Å². The summed E-state index contributed by atoms with van der Waals surface area (Å²) in [7, 11) is 0. The molecule has 47 heavy (non-hydrogen) atoms. The standard InChI is InChI=1S/2C16H16BrN3.C3H4O4/c2*1-11-14(17)15-13(19-9-10-20(15)16(11)18)8-7-12-5-3-2-4-6-12;4-2(5)1-3(6)7/h2*2-6,9-10H,7-8,18H2,1H3;1H2,(H,4,5)(H,6,7). The van der Waals surface area contributed by atoms with Crippen LogP contribution in [0, 0.1) is 13.8 Å². The second-order valence-electron chi connectivity index (χ2n) is 10.8. The molecule has 4 heterocycles. The number of hydrogen-bond donors (Lipinski definition) is 4. The van der Waals surface area contributed by atoms with E-state index in [9.17, 15) is 9.59 Å². The molecule has 0 aliphatic heterocycles. The van der Waals surface area contributed by atoms with Gasteiger partial charge in [-0.2, -0.15) is 0 Å². The number of aliphatic carboxylic acids is 2. The molecule has 6 N–H and O–H groups in total. The molecule has 4 aromatic heterocycles. The Morgan fingerprint density at radius 2 is 1.02 bits per heavy atom. The van der Waals surface area contributed by atoms with Crippen LogP contribution in [0.4, 0.5) is 11.6 Å². The first-order chi connectivity index (χ1) is 22.5. The van der Waals surface area contributed by atoms with E-state index in [4.69, 9.17) is 21.7 Å². The summed E-state index contributed by atoms with van der Waals surface area (Å²) < 4.78 is 6.11. The molecule has 12 heteroatoms. The average molecular weight is 765 g/mol. The zero-order valence-corrected chi connectivity index (χ0v) is 29.2. The van der Waals surface area contributed by atoms with Crippen molar-refractivity contribution in [2.24, 2.45) is 0 Å². The fraction of sp³-hybridized carbons (Fsp3) is 0.200. The van der Waals surface area contributed by atoms with Crippen LogP contribution in [0.15, 0.2) is 94.4 Å². The summed E-state index contributed by atoms with van der Waals surface area (Å²) in [6.45, 7) is 4.04. The molecule has 0 aliphatic carbocycles. The maximum Gasteiger partial charge on any atom is 0.314 e. The summed E-state index contributed by atoms with van der Waals surface area (Å²) in [5.74, 6) is -1.08. The highest BCUT2D eigenvalue weighted by Gasteiger charge is 2.16. The van der Waals surface area contributed by atoms with Gasteiger partial charge < -0.3 is 21.7 Å². The number of hydrogen-bond acceptors (Lipinski definition) is 6. The minimum absolute atomic E-state index is 0.773. The number of carboxylic acids is 2. The van der Waals surface area contributed by atoms with Crippen molar-refractivity contribution in [1.82, 2.24) is 18.8 Å². The SMILES string of the molecule is Cc1c(Br)c2c(CCc3ccccc3)nccn2c1N.Cc1c(Br)c2c(CCc3ccccc3)nccn2c1N.O=C(O)CC(=O)O. The number of aryl methyl sites for hydroxylation is 4. The van der Waals surface area contributed by atoms with Gasteiger partial charge in [0.05, 0.1) is 31.4 Å². The fourth-order valence-electron chi connectivity index (χ4n) is 5.05. The van der Waals surface area contributed by atoms with E-state index in [0.717, 1.165) is 79.8 Å². The summed E-state index contributed by atoms with van der Waals surface area (Å²) >= 11 is 7.28. The van der Waals surface area contributed by atoms with Gasteiger partial charge in [-0.15, -0.1) is 0 Å². The molecule has 0 saturated carbocycles. The first-order valence-electron chi connectivity index (χ1n) is 14.8. The molecule has 0 aliphatic rings. The van der Waals surface area contributed by atoms with E-state index in [0.29, 0.717) is 0 Å². The smallest absolute Gasteiger partial charge is 0.314 e. The van der Waals surface area contributed by atoms with Gasteiger partial charge in [0.15, 0.2) is 0 Å². The van der Waals surface area contributed by atoms with Gasteiger partial charge >= 0.3 is 11.9 Å². The lowest BCUT2D eigenvalue weighted by Crippen LogP contribution is -2.03. The molecule has 6 aromatic rings. The number of anilines is 2. The maximum atomic E-state index is 9.43. The first-order valence-corrected chi connectivity index (χ1v) is 16.4. The summed E-state index contributed by atoms with van der Waals surface area (Å²) in [5, 5.41) is 15.4. The van der Waals surface area contributed by atoms with E-state index in [1.54, 1.807) is 0 Å². The van der Waals surface area contributed by atoms with Crippen LogP contribution < -0.4 is 11.5 Å². The van der Waals surface area contributed by atoms with Crippen molar-refractivity contribution >= 4 is 66.5 Å². The summed E-state index contributed by atoms with van der Waals surface area (Å²) in [6.07, 6.45) is 10.4. The first kappa shape index (κ1) is 35.2. The fourth-order valence-corrected chi connectivity index (χ4v) is 6.29. The van der Waals surface area contributed by atoms with Crippen molar-refractivity contribution in [3.8, 4) is 0 Å². The summed E-state index contributed by atoms with van der Waals surface area (Å²) in [6, 6.07) is 20.9. The van der Waals surface area contributed by atoms with Crippen LogP contribution in [0.25, 0.3) is 11.0 Å². The zero-order chi connectivity index (χ0) is 34.1. The Bertz CT molecular complexity index is 1850. The summed E-state index contributed by atoms with van der Waals surface area (Å²) in [4.78, 5) is 27.9. The van der Waals surface area contributed by atoms with Gasteiger partial charge in [-0.3, -0.25) is 28.4 Å². The second-order valence-corrected chi connectivity index (χ2v) is 12.4. The van der Waals surface area contributed by atoms with Crippen molar-refractivity contribution in [2.45, 2.75) is 46.0 Å². The Morgan fingerprint density at radius 1 is 0.660 bits per heavy atom. The van der Waals surface area contributed by atoms with Crippen LogP contribution in [0.5, 0.6) is 0 Å². The van der Waals surface area contributed by atoms with Gasteiger partial charge in [-0.1, -0.05) is 60.7 Å². The van der Waals surface area contributed by atoms with Crippen molar-refractivity contribution in [3.05, 3.63) is 128 Å². The maximum absolute atomic E-state index is 9.43. The quantitative estimate of drug-likeness (QED) is 0.120. The molecule has 10 nitrogen and oxygen atoms in total. The third-order valence-electron chi connectivity index (χ3n) is 7.57. The van der Waals surface area contributed by atoms with Crippen LogP contribution in [0.1, 0.15) is 40.1 Å². The molecular weight excluding hydrogens is 728 g/mol. The molecular formula is C35H36Br2N6O4. The Balaban J connectivity index is 0.000000178. The van der Waals surface area contributed by atoms with E-state index in [1.165, 1.54) is 11.1 Å². The molecule has 244 valence electrons. The van der Waals surface area contributed by atoms with Crippen LogP contribution in [-0.2, 0) is 35.3 Å². The Labute approximate surface area is 289 Å². The molecule has 0 amide bonds. The Hall–Kier alpha value is -4.68. The number of nitrogens with zero attached hydrogens (tertiary/aromatic N) is 4. The Kier molecular flexibility index (Phi) is 12.2. The van der Waals surface area contributed by atoms with Gasteiger partial charge in [0, 0.05) is 35.9 Å². The summed E-state index contributed by atoms with van der Waals surface area (Å²) in [5.41, 5.74) is 21.3. The monoisotopic (exact) mass is 762 g/mol. The zero-order valence-electron chi connectivity index (χ0n) is 26.0. The topological polar surface area (TPSA) is 161 Å². The van der Waals surface area contributed by atoms with Crippen molar-refractivity contribution in [3.63, 3.8) is 0 Å². The minimum atomic E-state index is -1.31. The lowest BCUT2D eigenvalue weighted by Gasteiger charge is -2.05. The lowest BCUT2D eigenvalue weighted by molar-refractivity contribution is -0.147. The van der Waals surface area contributed by atoms with Crippen LogP contribution in [0.3, 0.4) is 0 Å². The third kappa shape index (κ3) is 8.78. The van der Waals surface area contributed by atoms with Gasteiger partial charge in [0.2, 0.25) is 0 Å². The number of carbonyl (C=O) groups is 2. The number of benzene rings is 2. The lowest BCUT2D eigenvalue weighted by atomic mass is 10.1. The van der Waals surface area contributed by atoms with Gasteiger partial charge in [0.1, 0.15) is 18.1 Å². The van der Waals surface area contributed by atoms with Crippen molar-refractivity contribution < 1.29 is 19.8 Å². The molecule has 0 spiro atoms. The highest BCUT2D eigenvalue weighted by molar-refractivity contribution is 9.11. The molecule has 2 aromatic carbocycles. The van der Waals surface area contributed by atoms with Crippen molar-refractivity contribution in [2.75, 3.05) is 11.5 Å². The largest absolute Gasteiger partial charge is 0.481 e. The minimum Gasteiger partial charge on any atom is -0.481 e. The number of nitrogen functional groups attached to an aromatic ring is 2. The highest BCUT2D eigenvalue weighted by atomic mass is 79.9. The molecule has 0 fully saturated rings. The number of halogens is 2. The van der Waals surface area contributed by atoms with E-state index in [-0.39, 0.29) is 0 Å². The van der Waals surface area contributed by atoms with Crippen LogP contribution in [0.2, 0.25) is 0 Å². The third-order valence-corrected chi connectivity index (χ3v) is 9.51. The predicted octanol–water partition coefficient (Wildman–Crippen LogP) is 7.09. The van der Waals surface area contributed by atoms with E-state index in [2.05, 4.69) is 90.4 Å². The van der Waals surface area contributed by atoms with Gasteiger partial charge in [-0.25, -0.2) is 0 Å². The van der Waals surface area contributed by atoms with Crippen LogP contribution >= 0.6 is 31.9 Å². The molecule has 0 unspecified atom stereocenters. The van der Waals surface area contributed by atoms with Gasteiger partial charge in [0.25, 0.3) is 0 Å². The number of aromatic nitrogens is 4. The van der Waals surface area contributed by atoms with E-state index < -0.39 is 18.4 Å². The predicted molar refractivity (Wildman–Crippen MR) is 192 cm³/mol. The van der Waals surface area contributed by atoms with Gasteiger partial charge in [-0.05, 0) is 82.5 Å². The van der Waals surface area contributed by atoms with E-state index in [1.807, 2.05) is 59.6 Å². The number of nitrogens with two attached hydrogens (primary N) is 2.